The first-order valence-electron chi connectivity index (χ1n) is 7.74. The van der Waals surface area contributed by atoms with Crippen LogP contribution in [0.3, 0.4) is 0 Å². The number of nitrogens with zero attached hydrogens (tertiary/aromatic N) is 1. The van der Waals surface area contributed by atoms with E-state index in [4.69, 9.17) is 0 Å². The number of carbonyl (C=O) groups excluding carboxylic acids is 1. The van der Waals surface area contributed by atoms with Crippen LogP contribution in [0.25, 0.3) is 0 Å². The number of benzene rings is 1. The minimum Gasteiger partial charge on any atom is -0.371 e. The number of amides is 2. The Hall–Kier alpha value is -1.56. The maximum Gasteiger partial charge on any atom is 0.319 e. The Bertz CT molecular complexity index is 528. The molecule has 2 rings (SSSR count). The zero-order valence-corrected chi connectivity index (χ0v) is 14.1. The third-order valence-electron chi connectivity index (χ3n) is 3.93. The third-order valence-corrected chi connectivity index (χ3v) is 4.71. The number of anilines is 2. The summed E-state index contributed by atoms with van der Waals surface area (Å²) in [5.41, 5.74) is 1.94. The van der Waals surface area contributed by atoms with Crippen LogP contribution < -0.4 is 15.5 Å². The quantitative estimate of drug-likeness (QED) is 0.875. The van der Waals surface area contributed by atoms with Crippen LogP contribution in [0.4, 0.5) is 16.2 Å². The Morgan fingerprint density at radius 1 is 1.36 bits per heavy atom. The molecule has 1 saturated heterocycles. The van der Waals surface area contributed by atoms with Crippen molar-refractivity contribution >= 4 is 28.2 Å². The van der Waals surface area contributed by atoms with E-state index in [0.29, 0.717) is 12.3 Å². The highest BCUT2D eigenvalue weighted by Gasteiger charge is 2.16. The van der Waals surface area contributed by atoms with E-state index in [0.717, 1.165) is 30.4 Å². The lowest BCUT2D eigenvalue weighted by Crippen LogP contribution is -2.33. The van der Waals surface area contributed by atoms with Crippen LogP contribution in [0.2, 0.25) is 0 Å². The van der Waals surface area contributed by atoms with Crippen molar-refractivity contribution in [2.45, 2.75) is 19.8 Å². The fourth-order valence-electron chi connectivity index (χ4n) is 2.53. The minimum atomic E-state index is -0.888. The number of hydrogen-bond donors (Lipinski definition) is 2. The second-order valence-corrected chi connectivity index (χ2v) is 7.43. The van der Waals surface area contributed by atoms with E-state index in [9.17, 15) is 9.00 Å². The van der Waals surface area contributed by atoms with Gasteiger partial charge in [0.2, 0.25) is 0 Å². The lowest BCUT2D eigenvalue weighted by Gasteiger charge is -2.32. The molecule has 2 N–H and O–H groups in total. The largest absolute Gasteiger partial charge is 0.371 e. The summed E-state index contributed by atoms with van der Waals surface area (Å²) >= 11 is 0. The van der Waals surface area contributed by atoms with Gasteiger partial charge in [-0.25, -0.2) is 4.79 Å². The summed E-state index contributed by atoms with van der Waals surface area (Å²) in [5, 5.41) is 5.54. The van der Waals surface area contributed by atoms with Crippen molar-refractivity contribution in [1.29, 1.82) is 0 Å². The van der Waals surface area contributed by atoms with Gasteiger partial charge in [-0.3, -0.25) is 4.21 Å². The van der Waals surface area contributed by atoms with Gasteiger partial charge in [0.1, 0.15) is 0 Å². The zero-order chi connectivity index (χ0) is 15.9. The molecular formula is C16H25N3O2S. The van der Waals surface area contributed by atoms with Crippen LogP contribution in [0.15, 0.2) is 24.3 Å². The Kier molecular flexibility index (Phi) is 6.24. The summed E-state index contributed by atoms with van der Waals surface area (Å²) < 4.78 is 11.0. The van der Waals surface area contributed by atoms with Gasteiger partial charge in [-0.1, -0.05) is 13.0 Å². The SMILES string of the molecule is CC1CCN(c2cccc(NC(=O)NCCS(C)=O)c2)CC1. The smallest absolute Gasteiger partial charge is 0.319 e. The number of urea groups is 1. The summed E-state index contributed by atoms with van der Waals surface area (Å²) in [6, 6.07) is 7.68. The highest BCUT2D eigenvalue weighted by molar-refractivity contribution is 7.84. The molecule has 1 atom stereocenters. The van der Waals surface area contributed by atoms with E-state index >= 15 is 0 Å². The van der Waals surface area contributed by atoms with E-state index in [1.54, 1.807) is 6.26 Å². The first-order chi connectivity index (χ1) is 10.5. The fourth-order valence-corrected chi connectivity index (χ4v) is 2.92. The van der Waals surface area contributed by atoms with Crippen LogP contribution in [-0.2, 0) is 10.8 Å². The molecule has 1 aromatic carbocycles. The number of piperidine rings is 1. The van der Waals surface area contributed by atoms with Crippen LogP contribution in [0, 0.1) is 5.92 Å². The summed E-state index contributed by atoms with van der Waals surface area (Å²) in [6.45, 7) is 4.85. The van der Waals surface area contributed by atoms with E-state index < -0.39 is 10.8 Å². The lowest BCUT2D eigenvalue weighted by atomic mass is 9.99. The Morgan fingerprint density at radius 3 is 2.77 bits per heavy atom. The van der Waals surface area contributed by atoms with Crippen molar-refractivity contribution in [3.8, 4) is 0 Å². The summed E-state index contributed by atoms with van der Waals surface area (Å²) in [7, 11) is -0.888. The Balaban J connectivity index is 1.88. The van der Waals surface area contributed by atoms with Gasteiger partial charge in [-0.2, -0.15) is 0 Å². The first-order valence-corrected chi connectivity index (χ1v) is 9.47. The molecule has 2 amide bonds. The maximum atomic E-state index is 11.8. The van der Waals surface area contributed by atoms with Gasteiger partial charge in [0, 0.05) is 53.8 Å². The normalized spacial score (nSPS) is 17.1. The van der Waals surface area contributed by atoms with Gasteiger partial charge in [-0.05, 0) is 37.0 Å². The van der Waals surface area contributed by atoms with Crippen LogP contribution in [0.5, 0.6) is 0 Å². The predicted molar refractivity (Wildman–Crippen MR) is 93.0 cm³/mol. The summed E-state index contributed by atoms with van der Waals surface area (Å²) in [4.78, 5) is 14.2. The van der Waals surface area contributed by atoms with Gasteiger partial charge in [-0.15, -0.1) is 0 Å². The van der Waals surface area contributed by atoms with Gasteiger partial charge in [0.05, 0.1) is 0 Å². The van der Waals surface area contributed by atoms with Crippen molar-refractivity contribution < 1.29 is 9.00 Å². The Labute approximate surface area is 134 Å². The van der Waals surface area contributed by atoms with E-state index in [1.165, 1.54) is 12.8 Å². The average molecular weight is 323 g/mol. The molecule has 1 aliphatic rings. The standard InChI is InChI=1S/C16H25N3O2S/c1-13-6-9-19(10-7-13)15-5-3-4-14(12-15)18-16(20)17-8-11-22(2)21/h3-5,12-13H,6-11H2,1-2H3,(H2,17,18,20). The molecule has 6 heteroatoms. The molecule has 1 unspecified atom stereocenters. The number of carbonyl (C=O) groups is 1. The Morgan fingerprint density at radius 2 is 2.09 bits per heavy atom. The van der Waals surface area contributed by atoms with Gasteiger partial charge >= 0.3 is 6.03 Å². The molecular weight excluding hydrogens is 298 g/mol. The number of nitrogens with one attached hydrogen (secondary N) is 2. The van der Waals surface area contributed by atoms with Crippen molar-refractivity contribution in [3.05, 3.63) is 24.3 Å². The van der Waals surface area contributed by atoms with Crippen LogP contribution in [0.1, 0.15) is 19.8 Å². The molecule has 0 bridgehead atoms. The van der Waals surface area contributed by atoms with Gasteiger partial charge in [0.25, 0.3) is 0 Å². The molecule has 1 aliphatic heterocycles. The van der Waals surface area contributed by atoms with Crippen molar-refractivity contribution in [2.24, 2.45) is 5.92 Å². The molecule has 0 saturated carbocycles. The van der Waals surface area contributed by atoms with E-state index in [2.05, 4.69) is 28.5 Å². The number of rotatable bonds is 5. The molecule has 22 heavy (non-hydrogen) atoms. The molecule has 0 spiro atoms. The fraction of sp³-hybridized carbons (Fsp3) is 0.562. The molecule has 122 valence electrons. The molecule has 1 fully saturated rings. The molecule has 1 heterocycles. The highest BCUT2D eigenvalue weighted by atomic mass is 32.2. The van der Waals surface area contributed by atoms with Gasteiger partial charge in [0.15, 0.2) is 0 Å². The predicted octanol–water partition coefficient (Wildman–Crippen LogP) is 2.42. The summed E-state index contributed by atoms with van der Waals surface area (Å²) in [5.74, 6) is 1.27. The summed E-state index contributed by atoms with van der Waals surface area (Å²) in [6.07, 6.45) is 4.06. The molecule has 0 radical (unpaired) electrons. The monoisotopic (exact) mass is 323 g/mol. The molecule has 5 nitrogen and oxygen atoms in total. The topological polar surface area (TPSA) is 61.4 Å². The molecule has 0 aliphatic carbocycles. The zero-order valence-electron chi connectivity index (χ0n) is 13.3. The van der Waals surface area contributed by atoms with Crippen LogP contribution >= 0.6 is 0 Å². The van der Waals surface area contributed by atoms with Crippen molar-refractivity contribution in [2.75, 3.05) is 41.9 Å². The lowest BCUT2D eigenvalue weighted by molar-refractivity contribution is 0.252. The molecule has 0 aromatic heterocycles. The highest BCUT2D eigenvalue weighted by Crippen LogP contribution is 2.25. The third kappa shape index (κ3) is 5.33. The maximum absolute atomic E-state index is 11.8. The first kappa shape index (κ1) is 16.8. The average Bonchev–Trinajstić information content (AvgIpc) is 2.48. The molecule has 1 aromatic rings. The van der Waals surface area contributed by atoms with E-state index in [-0.39, 0.29) is 6.03 Å². The minimum absolute atomic E-state index is 0.255. The number of hydrogen-bond acceptors (Lipinski definition) is 3. The second kappa shape index (κ2) is 8.17. The van der Waals surface area contributed by atoms with Crippen molar-refractivity contribution in [1.82, 2.24) is 5.32 Å². The van der Waals surface area contributed by atoms with E-state index in [1.807, 2.05) is 18.2 Å². The van der Waals surface area contributed by atoms with Gasteiger partial charge < -0.3 is 15.5 Å². The van der Waals surface area contributed by atoms with Crippen LogP contribution in [-0.4, -0.2) is 41.9 Å². The van der Waals surface area contributed by atoms with Crippen molar-refractivity contribution in [3.63, 3.8) is 0 Å². The second-order valence-electron chi connectivity index (χ2n) is 5.88.